The third-order valence-corrected chi connectivity index (χ3v) is 4.63. The standard InChI is InChI=1S/C21H21N3O5/c1-13(24-20(27)16-8-3-4-9-17(16)21(24)28)18(25)22-10-11-23-19(26)14-6-5-7-15(12-14)29-2/h3-9,12-13H,10-11H2,1-2H3,(H,22,25)(H,23,26). The Morgan fingerprint density at radius 1 is 0.966 bits per heavy atom. The van der Waals surface area contributed by atoms with Crippen molar-refractivity contribution in [3.63, 3.8) is 0 Å². The number of rotatable bonds is 7. The van der Waals surface area contributed by atoms with Crippen LogP contribution in [-0.2, 0) is 4.79 Å². The van der Waals surface area contributed by atoms with Crippen LogP contribution in [0.5, 0.6) is 5.75 Å². The summed E-state index contributed by atoms with van der Waals surface area (Å²) in [6.45, 7) is 1.84. The number of nitrogens with one attached hydrogen (secondary N) is 2. The Bertz CT molecular complexity index is 937. The van der Waals surface area contributed by atoms with Gasteiger partial charge in [-0.2, -0.15) is 0 Å². The Labute approximate surface area is 167 Å². The van der Waals surface area contributed by atoms with Gasteiger partial charge in [-0.3, -0.25) is 24.1 Å². The van der Waals surface area contributed by atoms with Crippen LogP contribution in [0.4, 0.5) is 0 Å². The third-order valence-electron chi connectivity index (χ3n) is 4.63. The first-order valence-corrected chi connectivity index (χ1v) is 9.11. The summed E-state index contributed by atoms with van der Waals surface area (Å²) in [5, 5.41) is 5.32. The van der Waals surface area contributed by atoms with Crippen molar-refractivity contribution in [1.29, 1.82) is 0 Å². The van der Waals surface area contributed by atoms with E-state index < -0.39 is 23.8 Å². The molecule has 0 fully saturated rings. The van der Waals surface area contributed by atoms with E-state index in [2.05, 4.69) is 10.6 Å². The van der Waals surface area contributed by atoms with Crippen molar-refractivity contribution in [1.82, 2.24) is 15.5 Å². The smallest absolute Gasteiger partial charge is 0.262 e. The van der Waals surface area contributed by atoms with E-state index in [4.69, 9.17) is 4.74 Å². The molecule has 0 spiro atoms. The summed E-state index contributed by atoms with van der Waals surface area (Å²) in [6.07, 6.45) is 0. The van der Waals surface area contributed by atoms with E-state index in [1.165, 1.54) is 14.0 Å². The minimum atomic E-state index is -0.962. The molecule has 1 heterocycles. The molecule has 150 valence electrons. The van der Waals surface area contributed by atoms with E-state index in [0.717, 1.165) is 4.90 Å². The molecule has 3 rings (SSSR count). The zero-order valence-electron chi connectivity index (χ0n) is 16.1. The lowest BCUT2D eigenvalue weighted by atomic mass is 10.1. The predicted octanol–water partition coefficient (Wildman–Crippen LogP) is 1.23. The summed E-state index contributed by atoms with van der Waals surface area (Å²) in [7, 11) is 1.52. The van der Waals surface area contributed by atoms with Crippen molar-refractivity contribution in [3.8, 4) is 5.75 Å². The van der Waals surface area contributed by atoms with E-state index in [1.54, 1.807) is 48.5 Å². The first kappa shape index (κ1) is 20.1. The van der Waals surface area contributed by atoms with Crippen molar-refractivity contribution >= 4 is 23.6 Å². The number of methoxy groups -OCH3 is 1. The van der Waals surface area contributed by atoms with Crippen LogP contribution in [0.1, 0.15) is 38.0 Å². The minimum absolute atomic E-state index is 0.155. The molecule has 2 N–H and O–H groups in total. The molecule has 2 aromatic carbocycles. The fourth-order valence-electron chi connectivity index (χ4n) is 3.05. The summed E-state index contributed by atoms with van der Waals surface area (Å²) in [5.41, 5.74) is 1.03. The van der Waals surface area contributed by atoms with Crippen LogP contribution >= 0.6 is 0 Å². The molecule has 29 heavy (non-hydrogen) atoms. The van der Waals surface area contributed by atoms with Gasteiger partial charge < -0.3 is 15.4 Å². The van der Waals surface area contributed by atoms with Gasteiger partial charge in [-0.05, 0) is 37.3 Å². The molecule has 0 aliphatic carbocycles. The summed E-state index contributed by atoms with van der Waals surface area (Å²) < 4.78 is 5.08. The maximum atomic E-state index is 12.4. The summed E-state index contributed by atoms with van der Waals surface area (Å²) in [4.78, 5) is 50.4. The van der Waals surface area contributed by atoms with E-state index in [0.29, 0.717) is 22.4 Å². The first-order valence-electron chi connectivity index (χ1n) is 9.11. The highest BCUT2D eigenvalue weighted by molar-refractivity contribution is 6.22. The highest BCUT2D eigenvalue weighted by atomic mass is 16.5. The molecule has 4 amide bonds. The van der Waals surface area contributed by atoms with Crippen LogP contribution in [-0.4, -0.2) is 54.8 Å². The lowest BCUT2D eigenvalue weighted by Crippen LogP contribution is -2.49. The number of hydrogen-bond donors (Lipinski definition) is 2. The molecule has 0 radical (unpaired) electrons. The van der Waals surface area contributed by atoms with Gasteiger partial charge in [-0.15, -0.1) is 0 Å². The molecule has 8 nitrogen and oxygen atoms in total. The zero-order valence-corrected chi connectivity index (χ0v) is 16.1. The number of carbonyl (C=O) groups excluding carboxylic acids is 4. The van der Waals surface area contributed by atoms with Crippen molar-refractivity contribution in [2.24, 2.45) is 0 Å². The molecule has 1 atom stereocenters. The summed E-state index contributed by atoms with van der Waals surface area (Å²) in [5.74, 6) is -1.18. The van der Waals surface area contributed by atoms with Gasteiger partial charge in [0.25, 0.3) is 17.7 Å². The second kappa shape index (κ2) is 8.55. The van der Waals surface area contributed by atoms with Gasteiger partial charge in [0.15, 0.2) is 0 Å². The van der Waals surface area contributed by atoms with E-state index >= 15 is 0 Å². The average molecular weight is 395 g/mol. The largest absolute Gasteiger partial charge is 0.497 e. The van der Waals surface area contributed by atoms with E-state index in [-0.39, 0.29) is 19.0 Å². The van der Waals surface area contributed by atoms with Crippen LogP contribution in [0.25, 0.3) is 0 Å². The molecule has 0 aromatic heterocycles. The van der Waals surface area contributed by atoms with Gasteiger partial charge in [0, 0.05) is 18.7 Å². The Hall–Kier alpha value is -3.68. The lowest BCUT2D eigenvalue weighted by molar-refractivity contribution is -0.124. The third kappa shape index (κ3) is 4.11. The highest BCUT2D eigenvalue weighted by Crippen LogP contribution is 2.24. The second-order valence-electron chi connectivity index (χ2n) is 6.48. The van der Waals surface area contributed by atoms with Gasteiger partial charge in [0.2, 0.25) is 5.91 Å². The lowest BCUT2D eigenvalue weighted by Gasteiger charge is -2.21. The number of hydrogen-bond acceptors (Lipinski definition) is 5. The van der Waals surface area contributed by atoms with Crippen LogP contribution < -0.4 is 15.4 Å². The fraction of sp³-hybridized carbons (Fsp3) is 0.238. The predicted molar refractivity (Wildman–Crippen MR) is 105 cm³/mol. The van der Waals surface area contributed by atoms with E-state index in [1.807, 2.05) is 0 Å². The minimum Gasteiger partial charge on any atom is -0.497 e. The molecule has 2 aromatic rings. The molecule has 1 aliphatic heterocycles. The number of fused-ring (bicyclic) bond motifs is 1. The maximum absolute atomic E-state index is 12.4. The van der Waals surface area contributed by atoms with Gasteiger partial charge >= 0.3 is 0 Å². The van der Waals surface area contributed by atoms with Gasteiger partial charge in [0.05, 0.1) is 18.2 Å². The molecular formula is C21H21N3O5. The Morgan fingerprint density at radius 3 is 2.21 bits per heavy atom. The number of carbonyl (C=O) groups is 4. The average Bonchev–Trinajstić information content (AvgIpc) is 3.00. The number of amides is 4. The topological polar surface area (TPSA) is 105 Å². The zero-order chi connectivity index (χ0) is 21.0. The fourth-order valence-corrected chi connectivity index (χ4v) is 3.05. The molecule has 1 aliphatic rings. The van der Waals surface area contributed by atoms with Crippen molar-refractivity contribution in [2.75, 3.05) is 20.2 Å². The Kier molecular flexibility index (Phi) is 5.92. The second-order valence-corrected chi connectivity index (χ2v) is 6.48. The molecule has 0 bridgehead atoms. The number of benzene rings is 2. The van der Waals surface area contributed by atoms with Gasteiger partial charge in [0.1, 0.15) is 11.8 Å². The molecule has 1 unspecified atom stereocenters. The van der Waals surface area contributed by atoms with Gasteiger partial charge in [-0.25, -0.2) is 0 Å². The van der Waals surface area contributed by atoms with Gasteiger partial charge in [-0.1, -0.05) is 18.2 Å². The van der Waals surface area contributed by atoms with E-state index in [9.17, 15) is 19.2 Å². The Morgan fingerprint density at radius 2 is 1.59 bits per heavy atom. The molecular weight excluding hydrogens is 374 g/mol. The summed E-state index contributed by atoms with van der Waals surface area (Å²) >= 11 is 0. The molecule has 0 saturated heterocycles. The molecule has 8 heteroatoms. The number of imide groups is 1. The maximum Gasteiger partial charge on any atom is 0.262 e. The van der Waals surface area contributed by atoms with Crippen LogP contribution in [0.2, 0.25) is 0 Å². The van der Waals surface area contributed by atoms with Crippen molar-refractivity contribution < 1.29 is 23.9 Å². The monoisotopic (exact) mass is 395 g/mol. The summed E-state index contributed by atoms with van der Waals surface area (Å²) in [6, 6.07) is 12.2. The van der Waals surface area contributed by atoms with Crippen LogP contribution in [0.15, 0.2) is 48.5 Å². The van der Waals surface area contributed by atoms with Crippen LogP contribution in [0, 0.1) is 0 Å². The highest BCUT2D eigenvalue weighted by Gasteiger charge is 2.40. The first-order chi connectivity index (χ1) is 13.9. The normalized spacial score (nSPS) is 13.7. The number of nitrogens with zero attached hydrogens (tertiary/aromatic N) is 1. The van der Waals surface area contributed by atoms with Crippen molar-refractivity contribution in [2.45, 2.75) is 13.0 Å². The van der Waals surface area contributed by atoms with Crippen molar-refractivity contribution in [3.05, 3.63) is 65.2 Å². The number of ether oxygens (including phenoxy) is 1. The SMILES string of the molecule is COc1cccc(C(=O)NCCNC(=O)C(C)N2C(=O)c3ccccc3C2=O)c1. The van der Waals surface area contributed by atoms with Crippen LogP contribution in [0.3, 0.4) is 0 Å². The Balaban J connectivity index is 1.50. The quantitative estimate of drug-likeness (QED) is 0.542. The molecule has 0 saturated carbocycles.